The zero-order valence-electron chi connectivity index (χ0n) is 10.9. The number of nitrogens with zero attached hydrogens (tertiary/aromatic N) is 2. The van der Waals surface area contributed by atoms with E-state index in [4.69, 9.17) is 9.15 Å². The zero-order chi connectivity index (χ0) is 12.4. The molecule has 0 amide bonds. The predicted molar refractivity (Wildman–Crippen MR) is 68.6 cm³/mol. The molecule has 2 heterocycles. The van der Waals surface area contributed by atoms with E-state index in [0.29, 0.717) is 12.1 Å². The minimum Gasteiger partial charge on any atom is -0.432 e. The van der Waals surface area contributed by atoms with Crippen LogP contribution in [-0.2, 0) is 11.3 Å². The molecule has 18 heavy (non-hydrogen) atoms. The molecule has 0 radical (unpaired) electrons. The molecule has 2 unspecified atom stereocenters. The van der Waals surface area contributed by atoms with E-state index in [-0.39, 0.29) is 0 Å². The summed E-state index contributed by atoms with van der Waals surface area (Å²) in [6.45, 7) is 2.42. The predicted octanol–water partition coefficient (Wildman–Crippen LogP) is 1.54. The van der Waals surface area contributed by atoms with Crippen molar-refractivity contribution in [3.8, 4) is 0 Å². The first kappa shape index (κ1) is 12.0. The Kier molecular flexibility index (Phi) is 3.52. The van der Waals surface area contributed by atoms with Gasteiger partial charge in [0.2, 0.25) is 0 Å². The van der Waals surface area contributed by atoms with Crippen LogP contribution >= 0.6 is 0 Å². The zero-order valence-corrected chi connectivity index (χ0v) is 10.9. The smallest absolute Gasteiger partial charge is 0.297 e. The number of rotatable bonds is 3. The normalized spacial score (nSPS) is 28.2. The van der Waals surface area contributed by atoms with Crippen molar-refractivity contribution in [2.24, 2.45) is 0 Å². The minimum absolute atomic E-state index is 0.368. The number of anilines is 1. The highest BCUT2D eigenvalue weighted by atomic mass is 16.5. The van der Waals surface area contributed by atoms with E-state index in [1.165, 1.54) is 25.7 Å². The molecule has 1 aromatic heterocycles. The maximum atomic E-state index is 5.86. The minimum atomic E-state index is 0.368. The van der Waals surface area contributed by atoms with Crippen molar-refractivity contribution in [2.75, 3.05) is 25.1 Å². The lowest BCUT2D eigenvalue weighted by atomic mass is 9.90. The van der Waals surface area contributed by atoms with Gasteiger partial charge < -0.3 is 19.4 Å². The fourth-order valence-electron chi connectivity index (χ4n) is 3.02. The van der Waals surface area contributed by atoms with Crippen LogP contribution in [0.25, 0.3) is 0 Å². The molecule has 0 bridgehead atoms. The number of hydrogen-bond donors (Lipinski definition) is 1. The molecule has 0 spiro atoms. The summed E-state index contributed by atoms with van der Waals surface area (Å²) >= 11 is 0. The summed E-state index contributed by atoms with van der Waals surface area (Å²) in [5.41, 5.74) is 0.964. The Morgan fingerprint density at radius 2 is 2.33 bits per heavy atom. The molecule has 1 aliphatic carbocycles. The Bertz CT molecular complexity index is 391. The van der Waals surface area contributed by atoms with Crippen LogP contribution < -0.4 is 10.2 Å². The lowest BCUT2D eigenvalue weighted by molar-refractivity contribution is -0.0106. The van der Waals surface area contributed by atoms with Crippen LogP contribution in [0.4, 0.5) is 6.01 Å². The molecule has 100 valence electrons. The lowest BCUT2D eigenvalue weighted by Crippen LogP contribution is -2.53. The molecule has 1 saturated heterocycles. The molecular weight excluding hydrogens is 230 g/mol. The van der Waals surface area contributed by atoms with Crippen LogP contribution in [-0.4, -0.2) is 37.3 Å². The van der Waals surface area contributed by atoms with Gasteiger partial charge in [-0.05, 0) is 19.9 Å². The average molecular weight is 251 g/mol. The molecule has 5 heteroatoms. The third-order valence-electron chi connectivity index (χ3n) is 3.88. The summed E-state index contributed by atoms with van der Waals surface area (Å²) in [5, 5.41) is 3.09. The highest BCUT2D eigenvalue weighted by Gasteiger charge is 2.36. The molecule has 5 nitrogen and oxygen atoms in total. The SMILES string of the molecule is CNCc1coc(N2CCOC3CCCCC32)n1. The number of fused-ring (bicyclic) bond motifs is 1. The van der Waals surface area contributed by atoms with Crippen molar-refractivity contribution in [3.63, 3.8) is 0 Å². The van der Waals surface area contributed by atoms with Gasteiger partial charge in [0.25, 0.3) is 6.01 Å². The molecule has 2 aliphatic rings. The van der Waals surface area contributed by atoms with E-state index in [0.717, 1.165) is 31.4 Å². The number of aromatic nitrogens is 1. The molecule has 1 aliphatic heterocycles. The lowest BCUT2D eigenvalue weighted by Gasteiger charge is -2.42. The van der Waals surface area contributed by atoms with Gasteiger partial charge >= 0.3 is 0 Å². The molecule has 1 N–H and O–H groups in total. The monoisotopic (exact) mass is 251 g/mol. The van der Waals surface area contributed by atoms with E-state index in [1.807, 2.05) is 7.05 Å². The van der Waals surface area contributed by atoms with Crippen molar-refractivity contribution in [2.45, 2.75) is 44.4 Å². The van der Waals surface area contributed by atoms with E-state index in [1.54, 1.807) is 6.26 Å². The Morgan fingerprint density at radius 1 is 1.44 bits per heavy atom. The van der Waals surface area contributed by atoms with Crippen LogP contribution in [0.5, 0.6) is 0 Å². The first-order chi connectivity index (χ1) is 8.88. The molecule has 2 fully saturated rings. The molecule has 3 rings (SSSR count). The summed E-state index contributed by atoms with van der Waals surface area (Å²) < 4.78 is 11.5. The molecule has 0 aromatic carbocycles. The van der Waals surface area contributed by atoms with Crippen LogP contribution in [0.1, 0.15) is 31.4 Å². The third-order valence-corrected chi connectivity index (χ3v) is 3.88. The highest BCUT2D eigenvalue weighted by molar-refractivity contribution is 5.31. The quantitative estimate of drug-likeness (QED) is 0.883. The van der Waals surface area contributed by atoms with E-state index in [2.05, 4.69) is 15.2 Å². The summed E-state index contributed by atoms with van der Waals surface area (Å²) in [7, 11) is 1.92. The van der Waals surface area contributed by atoms with Gasteiger partial charge in [0.1, 0.15) is 6.26 Å². The second-order valence-corrected chi connectivity index (χ2v) is 5.11. The van der Waals surface area contributed by atoms with Gasteiger partial charge in [0, 0.05) is 13.1 Å². The summed E-state index contributed by atoms with van der Waals surface area (Å²) in [4.78, 5) is 6.85. The highest BCUT2D eigenvalue weighted by Crippen LogP contribution is 2.31. The first-order valence-electron chi connectivity index (χ1n) is 6.86. The van der Waals surface area contributed by atoms with Crippen molar-refractivity contribution >= 4 is 6.01 Å². The van der Waals surface area contributed by atoms with Gasteiger partial charge in [-0.1, -0.05) is 12.8 Å². The largest absolute Gasteiger partial charge is 0.432 e. The van der Waals surface area contributed by atoms with E-state index < -0.39 is 0 Å². The van der Waals surface area contributed by atoms with Gasteiger partial charge in [0.05, 0.1) is 24.4 Å². The Balaban J connectivity index is 1.76. The van der Waals surface area contributed by atoms with Crippen molar-refractivity contribution in [1.82, 2.24) is 10.3 Å². The number of oxazole rings is 1. The number of hydrogen-bond acceptors (Lipinski definition) is 5. The van der Waals surface area contributed by atoms with Gasteiger partial charge in [-0.3, -0.25) is 0 Å². The second kappa shape index (κ2) is 5.28. The Labute approximate surface area is 108 Å². The topological polar surface area (TPSA) is 50.5 Å². The number of nitrogens with one attached hydrogen (secondary N) is 1. The van der Waals surface area contributed by atoms with Crippen molar-refractivity contribution in [3.05, 3.63) is 12.0 Å². The second-order valence-electron chi connectivity index (χ2n) is 5.11. The molecule has 2 atom stereocenters. The molecule has 1 aromatic rings. The van der Waals surface area contributed by atoms with E-state index >= 15 is 0 Å². The van der Waals surface area contributed by atoms with Gasteiger partial charge in [0.15, 0.2) is 0 Å². The van der Waals surface area contributed by atoms with Crippen LogP contribution in [0.15, 0.2) is 10.7 Å². The van der Waals surface area contributed by atoms with Gasteiger partial charge in [-0.25, -0.2) is 0 Å². The summed E-state index contributed by atoms with van der Waals surface area (Å²) in [6.07, 6.45) is 7.04. The number of morpholine rings is 1. The standard InChI is InChI=1S/C13H21N3O2/c1-14-8-10-9-18-13(15-10)16-6-7-17-12-5-3-2-4-11(12)16/h9,11-12,14H,2-8H2,1H3. The van der Waals surface area contributed by atoms with Crippen LogP contribution in [0.2, 0.25) is 0 Å². The average Bonchev–Trinajstić information content (AvgIpc) is 2.87. The first-order valence-corrected chi connectivity index (χ1v) is 6.86. The van der Waals surface area contributed by atoms with Crippen molar-refractivity contribution in [1.29, 1.82) is 0 Å². The van der Waals surface area contributed by atoms with Gasteiger partial charge in [-0.15, -0.1) is 0 Å². The van der Waals surface area contributed by atoms with Crippen LogP contribution in [0.3, 0.4) is 0 Å². The Hall–Kier alpha value is -1.07. The fourth-order valence-corrected chi connectivity index (χ4v) is 3.02. The maximum Gasteiger partial charge on any atom is 0.297 e. The van der Waals surface area contributed by atoms with Crippen LogP contribution in [0, 0.1) is 0 Å². The molecular formula is C13H21N3O2. The summed E-state index contributed by atoms with van der Waals surface area (Å²) in [6, 6.07) is 1.22. The number of ether oxygens (including phenoxy) is 1. The van der Waals surface area contributed by atoms with E-state index in [9.17, 15) is 0 Å². The summed E-state index contributed by atoms with van der Waals surface area (Å²) in [5.74, 6) is 0. The third kappa shape index (κ3) is 2.24. The fraction of sp³-hybridized carbons (Fsp3) is 0.769. The van der Waals surface area contributed by atoms with Gasteiger partial charge in [-0.2, -0.15) is 4.98 Å². The maximum absolute atomic E-state index is 5.86. The molecule has 1 saturated carbocycles. The Morgan fingerprint density at radius 3 is 3.22 bits per heavy atom. The van der Waals surface area contributed by atoms with Crippen molar-refractivity contribution < 1.29 is 9.15 Å².